The Morgan fingerprint density at radius 3 is 2.54 bits per heavy atom. The van der Waals surface area contributed by atoms with Crippen LogP contribution in [0.25, 0.3) is 17.0 Å². The highest BCUT2D eigenvalue weighted by atomic mass is 32.1. The van der Waals surface area contributed by atoms with Crippen molar-refractivity contribution in [3.05, 3.63) is 64.8 Å². The number of imidazole rings is 1. The maximum absolute atomic E-state index is 12.8. The first-order valence-electron chi connectivity index (χ1n) is 12.1. The number of carbonyl (C=O) groups is 2. The van der Waals surface area contributed by atoms with Gasteiger partial charge in [0, 0.05) is 56.1 Å². The van der Waals surface area contributed by atoms with Crippen LogP contribution in [0.4, 0.5) is 10.8 Å². The van der Waals surface area contributed by atoms with Crippen LogP contribution in [0.3, 0.4) is 0 Å². The molecule has 1 aliphatic heterocycles. The summed E-state index contributed by atoms with van der Waals surface area (Å²) in [4.78, 5) is 36.3. The molecule has 1 fully saturated rings. The number of fused-ring (bicyclic) bond motifs is 1. The van der Waals surface area contributed by atoms with E-state index in [0.717, 1.165) is 61.3 Å². The van der Waals surface area contributed by atoms with Gasteiger partial charge in [-0.15, -0.1) is 11.3 Å². The van der Waals surface area contributed by atoms with E-state index in [4.69, 9.17) is 9.72 Å². The molecule has 1 aromatic carbocycles. The van der Waals surface area contributed by atoms with Gasteiger partial charge in [-0.3, -0.25) is 18.9 Å². The van der Waals surface area contributed by atoms with E-state index in [-0.39, 0.29) is 11.8 Å². The fourth-order valence-electron chi connectivity index (χ4n) is 4.27. The molecule has 5 rings (SSSR count). The summed E-state index contributed by atoms with van der Waals surface area (Å²) in [5.74, 6) is -0.246. The lowest BCUT2D eigenvalue weighted by Gasteiger charge is -2.26. The molecule has 3 N–H and O–H groups in total. The van der Waals surface area contributed by atoms with E-state index >= 15 is 0 Å². The minimum Gasteiger partial charge on any atom is -0.379 e. The van der Waals surface area contributed by atoms with Crippen molar-refractivity contribution in [2.24, 2.45) is 0 Å². The fraction of sp³-hybridized carbons (Fsp3) is 0.308. The van der Waals surface area contributed by atoms with Gasteiger partial charge < -0.3 is 20.7 Å². The number of aromatic nitrogens is 3. The number of hydrogen-bond acceptors (Lipinski definition) is 8. The van der Waals surface area contributed by atoms with Crippen LogP contribution < -0.4 is 16.0 Å². The van der Waals surface area contributed by atoms with Crippen LogP contribution in [0, 0.1) is 6.92 Å². The van der Waals surface area contributed by atoms with Crippen LogP contribution in [0.2, 0.25) is 0 Å². The molecule has 0 aliphatic carbocycles. The highest BCUT2D eigenvalue weighted by Crippen LogP contribution is 2.30. The normalized spacial score (nSPS) is 14.0. The number of benzene rings is 1. The summed E-state index contributed by atoms with van der Waals surface area (Å²) in [6.45, 7) is 6.59. The summed E-state index contributed by atoms with van der Waals surface area (Å²) in [6.07, 6.45) is 1.82. The molecule has 4 aromatic rings. The van der Waals surface area contributed by atoms with Crippen molar-refractivity contribution >= 4 is 39.6 Å². The Morgan fingerprint density at radius 2 is 1.78 bits per heavy atom. The van der Waals surface area contributed by atoms with Crippen molar-refractivity contribution in [3.63, 3.8) is 0 Å². The molecule has 0 saturated carbocycles. The lowest BCUT2D eigenvalue weighted by molar-refractivity contribution is 0.0383. The van der Waals surface area contributed by atoms with Gasteiger partial charge >= 0.3 is 0 Å². The van der Waals surface area contributed by atoms with Gasteiger partial charge in [0.25, 0.3) is 11.8 Å². The second-order valence-electron chi connectivity index (χ2n) is 8.72. The van der Waals surface area contributed by atoms with Gasteiger partial charge in [0.05, 0.1) is 30.2 Å². The van der Waals surface area contributed by atoms with Crippen LogP contribution in [0.5, 0.6) is 0 Å². The molecule has 0 unspecified atom stereocenters. The summed E-state index contributed by atoms with van der Waals surface area (Å²) in [7, 11) is 1.61. The Morgan fingerprint density at radius 1 is 1.03 bits per heavy atom. The predicted molar refractivity (Wildman–Crippen MR) is 144 cm³/mol. The standard InChI is InChI=1S/C26H29N7O3S/c1-17-23(21-16-37-26(31-21)30-20-6-3-18(4-7-20)24(34)27-2)33-15-19(5-8-22(33)29-17)25(35)28-9-10-32-11-13-36-14-12-32/h3-8,15-16H,9-14H2,1-2H3,(H,27,34)(H,28,35)(H,30,31). The van der Waals surface area contributed by atoms with E-state index in [0.29, 0.717) is 22.8 Å². The molecule has 3 aromatic heterocycles. The Balaban J connectivity index is 1.30. The van der Waals surface area contributed by atoms with Gasteiger partial charge in [0.15, 0.2) is 5.13 Å². The number of nitrogens with zero attached hydrogens (tertiary/aromatic N) is 4. The number of thiazole rings is 1. The number of morpholine rings is 1. The summed E-state index contributed by atoms with van der Waals surface area (Å²) < 4.78 is 7.29. The van der Waals surface area contributed by atoms with Gasteiger partial charge in [-0.1, -0.05) is 0 Å². The Labute approximate surface area is 218 Å². The number of rotatable bonds is 8. The molecular formula is C26H29N7O3S. The molecule has 10 nitrogen and oxygen atoms in total. The SMILES string of the molecule is CNC(=O)c1ccc(Nc2nc(-c3c(C)nc4ccc(C(=O)NCCN5CCOCC5)cn34)cs2)cc1. The summed E-state index contributed by atoms with van der Waals surface area (Å²) >= 11 is 1.47. The van der Waals surface area contributed by atoms with Gasteiger partial charge in [-0.05, 0) is 43.3 Å². The zero-order chi connectivity index (χ0) is 25.8. The van der Waals surface area contributed by atoms with E-state index in [1.165, 1.54) is 11.3 Å². The number of pyridine rings is 1. The van der Waals surface area contributed by atoms with E-state index in [1.54, 1.807) is 25.2 Å². The van der Waals surface area contributed by atoms with E-state index in [2.05, 4.69) is 25.8 Å². The van der Waals surface area contributed by atoms with Crippen molar-refractivity contribution in [2.45, 2.75) is 6.92 Å². The monoisotopic (exact) mass is 519 g/mol. The zero-order valence-corrected chi connectivity index (χ0v) is 21.6. The van der Waals surface area contributed by atoms with Gasteiger partial charge in [0.2, 0.25) is 0 Å². The lowest BCUT2D eigenvalue weighted by Crippen LogP contribution is -2.41. The molecule has 0 atom stereocenters. The topological polar surface area (TPSA) is 113 Å². The van der Waals surface area contributed by atoms with Gasteiger partial charge in [-0.2, -0.15) is 0 Å². The molecule has 2 amide bonds. The smallest absolute Gasteiger partial charge is 0.252 e. The van der Waals surface area contributed by atoms with Gasteiger partial charge in [-0.25, -0.2) is 9.97 Å². The molecule has 4 heterocycles. The number of carbonyl (C=O) groups excluding carboxylic acids is 2. The fourth-order valence-corrected chi connectivity index (χ4v) is 4.99. The Kier molecular flexibility index (Phi) is 7.45. The molecule has 0 bridgehead atoms. The second kappa shape index (κ2) is 11.1. The number of ether oxygens (including phenoxy) is 1. The van der Waals surface area contributed by atoms with Crippen LogP contribution in [0.15, 0.2) is 48.0 Å². The first kappa shape index (κ1) is 24.9. The summed E-state index contributed by atoms with van der Waals surface area (Å²) in [5, 5.41) is 11.6. The average molecular weight is 520 g/mol. The Bertz CT molecular complexity index is 1410. The first-order chi connectivity index (χ1) is 18.0. The Hall–Kier alpha value is -3.80. The van der Waals surface area contributed by atoms with Crippen LogP contribution in [-0.2, 0) is 4.74 Å². The minimum atomic E-state index is -0.128. The van der Waals surface area contributed by atoms with E-state index in [1.807, 2.05) is 41.1 Å². The maximum atomic E-state index is 12.8. The molecule has 0 radical (unpaired) electrons. The third-order valence-electron chi connectivity index (χ3n) is 6.24. The molecule has 1 aliphatic rings. The van der Waals surface area contributed by atoms with E-state index in [9.17, 15) is 9.59 Å². The summed E-state index contributed by atoms with van der Waals surface area (Å²) in [5.41, 5.74) is 5.19. The van der Waals surface area contributed by atoms with Crippen LogP contribution in [-0.4, -0.2) is 77.5 Å². The first-order valence-corrected chi connectivity index (χ1v) is 13.0. The third kappa shape index (κ3) is 5.63. The minimum absolute atomic E-state index is 0.117. The number of aryl methyl sites for hydroxylation is 1. The molecular weight excluding hydrogens is 490 g/mol. The second-order valence-corrected chi connectivity index (χ2v) is 9.58. The van der Waals surface area contributed by atoms with Crippen LogP contribution >= 0.6 is 11.3 Å². The highest BCUT2D eigenvalue weighted by Gasteiger charge is 2.17. The largest absolute Gasteiger partial charge is 0.379 e. The van der Waals surface area contributed by atoms with Gasteiger partial charge in [0.1, 0.15) is 11.3 Å². The number of nitrogens with one attached hydrogen (secondary N) is 3. The van der Waals surface area contributed by atoms with Crippen molar-refractivity contribution < 1.29 is 14.3 Å². The lowest BCUT2D eigenvalue weighted by atomic mass is 10.2. The zero-order valence-electron chi connectivity index (χ0n) is 20.8. The number of anilines is 2. The van der Waals surface area contributed by atoms with Crippen molar-refractivity contribution in [1.29, 1.82) is 0 Å². The van der Waals surface area contributed by atoms with Crippen LogP contribution in [0.1, 0.15) is 26.4 Å². The molecule has 11 heteroatoms. The van der Waals surface area contributed by atoms with Crippen molar-refractivity contribution in [2.75, 3.05) is 51.8 Å². The quantitative estimate of drug-likeness (QED) is 0.328. The van der Waals surface area contributed by atoms with Crippen molar-refractivity contribution in [1.82, 2.24) is 29.9 Å². The molecule has 0 spiro atoms. The summed E-state index contributed by atoms with van der Waals surface area (Å²) in [6, 6.07) is 10.9. The number of amides is 2. The molecule has 192 valence electrons. The predicted octanol–water partition coefficient (Wildman–Crippen LogP) is 2.93. The highest BCUT2D eigenvalue weighted by molar-refractivity contribution is 7.14. The third-order valence-corrected chi connectivity index (χ3v) is 7.00. The molecule has 37 heavy (non-hydrogen) atoms. The van der Waals surface area contributed by atoms with Crippen molar-refractivity contribution in [3.8, 4) is 11.4 Å². The average Bonchev–Trinajstić information content (AvgIpc) is 3.51. The van der Waals surface area contributed by atoms with E-state index < -0.39 is 0 Å². The number of hydrogen-bond donors (Lipinski definition) is 3. The molecule has 1 saturated heterocycles. The maximum Gasteiger partial charge on any atom is 0.252 e.